The van der Waals surface area contributed by atoms with Gasteiger partial charge < -0.3 is 15.3 Å². The Hall–Kier alpha value is -1.69. The van der Waals surface area contributed by atoms with Crippen molar-refractivity contribution in [3.05, 3.63) is 70.7 Å². The van der Waals surface area contributed by atoms with Crippen LogP contribution in [0.1, 0.15) is 31.2 Å². The zero-order valence-electron chi connectivity index (χ0n) is 16.3. The first kappa shape index (κ1) is 21.0. The fourth-order valence-corrected chi connectivity index (χ4v) is 4.20. The van der Waals surface area contributed by atoms with Crippen molar-refractivity contribution in [3.8, 4) is 0 Å². The van der Waals surface area contributed by atoms with E-state index in [0.29, 0.717) is 0 Å². The lowest BCUT2D eigenvalue weighted by Crippen LogP contribution is -2.43. The molecule has 0 atom stereocenters. The highest BCUT2D eigenvalue weighted by molar-refractivity contribution is 8.93. The number of halogens is 1. The van der Waals surface area contributed by atoms with Gasteiger partial charge in [-0.25, -0.2) is 0 Å². The monoisotopic (exact) mass is 443 g/mol. The van der Waals surface area contributed by atoms with E-state index in [-0.39, 0.29) is 17.0 Å². The molecule has 150 valence electrons. The number of nitrogens with zero attached hydrogens (tertiary/aromatic N) is 2. The van der Waals surface area contributed by atoms with Gasteiger partial charge in [0.25, 0.3) is 0 Å². The maximum atomic E-state index is 10.9. The van der Waals surface area contributed by atoms with Crippen molar-refractivity contribution in [1.29, 1.82) is 0 Å². The van der Waals surface area contributed by atoms with Crippen LogP contribution in [0.25, 0.3) is 5.70 Å². The Labute approximate surface area is 177 Å². The lowest BCUT2D eigenvalue weighted by Gasteiger charge is -2.38. The largest absolute Gasteiger partial charge is 0.388 e. The summed E-state index contributed by atoms with van der Waals surface area (Å²) in [6.07, 6.45) is 3.75. The molecule has 1 fully saturated rings. The highest BCUT2D eigenvalue weighted by Crippen LogP contribution is 2.32. The van der Waals surface area contributed by atoms with Gasteiger partial charge in [0.05, 0.1) is 11.0 Å². The normalized spacial score (nSPS) is 18.5. The summed E-state index contributed by atoms with van der Waals surface area (Å²) >= 11 is 0. The molecule has 0 spiro atoms. The number of likely N-dealkylation sites (tertiary alicyclic amines) is 1. The quantitative estimate of drug-likeness (QED) is 0.673. The molecule has 0 aromatic heterocycles. The Morgan fingerprint density at radius 2 is 1.71 bits per heavy atom. The van der Waals surface area contributed by atoms with Crippen molar-refractivity contribution in [2.45, 2.75) is 31.3 Å². The molecule has 0 aliphatic carbocycles. The molecule has 2 aliphatic heterocycles. The van der Waals surface area contributed by atoms with Crippen LogP contribution < -0.4 is 15.9 Å². The molecule has 0 saturated carbocycles. The van der Waals surface area contributed by atoms with Crippen LogP contribution in [-0.4, -0.2) is 42.7 Å². The van der Waals surface area contributed by atoms with Crippen molar-refractivity contribution in [1.82, 2.24) is 10.2 Å². The molecule has 0 bridgehead atoms. The molecule has 2 N–H and O–H groups in total. The average Bonchev–Trinajstić information content (AvgIpc) is 2.73. The van der Waals surface area contributed by atoms with Gasteiger partial charge in [-0.2, -0.15) is 0 Å². The Balaban J connectivity index is 0.00000225. The summed E-state index contributed by atoms with van der Waals surface area (Å²) in [4.78, 5) is 7.07. The summed E-state index contributed by atoms with van der Waals surface area (Å²) in [7, 11) is 0. The van der Waals surface area contributed by atoms with Crippen molar-refractivity contribution < 1.29 is 5.11 Å². The van der Waals surface area contributed by atoms with Gasteiger partial charge in [-0.3, -0.25) is 4.99 Å². The number of hydrogen-bond acceptors (Lipinski definition) is 4. The van der Waals surface area contributed by atoms with E-state index in [2.05, 4.69) is 39.5 Å². The Morgan fingerprint density at radius 1 is 1.00 bits per heavy atom. The molecule has 0 amide bonds. The van der Waals surface area contributed by atoms with Gasteiger partial charge in [0, 0.05) is 43.5 Å². The number of piperidine rings is 1. The van der Waals surface area contributed by atoms with Gasteiger partial charge in [-0.05, 0) is 37.4 Å². The predicted molar refractivity (Wildman–Crippen MR) is 119 cm³/mol. The number of aliphatic hydroxyl groups is 1. The van der Waals surface area contributed by atoms with E-state index in [9.17, 15) is 5.11 Å². The van der Waals surface area contributed by atoms with Crippen molar-refractivity contribution >= 4 is 22.7 Å². The lowest BCUT2D eigenvalue weighted by molar-refractivity contribution is -0.0259. The SMILES string of the molecule is Br.OC1(c2ccccc2)CCN(CCCNC2=c3ccccc3=NCC2)CC1. The van der Waals surface area contributed by atoms with E-state index in [1.807, 2.05) is 30.3 Å². The standard InChI is InChI=1S/C23H29N3O.BrH/c27-23(19-7-2-1-3-8-19)12-17-26(18-13-23)16-6-14-24-22-11-15-25-21-10-5-4-9-20(21)22;/h1-5,7-10,24,27H,6,11-18H2;1H. The van der Waals surface area contributed by atoms with Gasteiger partial charge in [0.2, 0.25) is 0 Å². The maximum absolute atomic E-state index is 10.9. The molecule has 2 aliphatic rings. The molecular weight excluding hydrogens is 414 g/mol. The number of rotatable bonds is 6. The highest BCUT2D eigenvalue weighted by atomic mass is 79.9. The molecule has 0 radical (unpaired) electrons. The van der Waals surface area contributed by atoms with Crippen molar-refractivity contribution in [2.75, 3.05) is 32.7 Å². The Kier molecular flexibility index (Phi) is 7.27. The molecule has 1 saturated heterocycles. The topological polar surface area (TPSA) is 47.9 Å². The summed E-state index contributed by atoms with van der Waals surface area (Å²) < 4.78 is 0. The number of hydrogen-bond donors (Lipinski definition) is 2. The Morgan fingerprint density at radius 3 is 2.50 bits per heavy atom. The second-order valence-electron chi connectivity index (χ2n) is 7.65. The number of benzene rings is 2. The highest BCUT2D eigenvalue weighted by Gasteiger charge is 2.33. The van der Waals surface area contributed by atoms with Gasteiger partial charge in [-0.1, -0.05) is 48.5 Å². The molecule has 2 heterocycles. The van der Waals surface area contributed by atoms with Gasteiger partial charge >= 0.3 is 0 Å². The number of fused-ring (bicyclic) bond motifs is 1. The van der Waals surface area contributed by atoms with Crippen LogP contribution in [0.2, 0.25) is 0 Å². The second kappa shape index (κ2) is 9.68. The number of para-hydroxylation sites is 1. The van der Waals surface area contributed by atoms with Crippen molar-refractivity contribution in [3.63, 3.8) is 0 Å². The van der Waals surface area contributed by atoms with E-state index in [1.54, 1.807) is 0 Å². The van der Waals surface area contributed by atoms with Crippen LogP contribution in [0.3, 0.4) is 0 Å². The molecule has 5 heteroatoms. The lowest BCUT2D eigenvalue weighted by atomic mass is 9.84. The van der Waals surface area contributed by atoms with Gasteiger partial charge in [0.1, 0.15) is 0 Å². The third kappa shape index (κ3) is 4.83. The summed E-state index contributed by atoms with van der Waals surface area (Å²) in [5.74, 6) is 0. The summed E-state index contributed by atoms with van der Waals surface area (Å²) in [6.45, 7) is 4.87. The summed E-state index contributed by atoms with van der Waals surface area (Å²) in [5, 5.41) is 17.0. The first-order chi connectivity index (χ1) is 13.2. The van der Waals surface area contributed by atoms with Crippen LogP contribution in [0.15, 0.2) is 59.6 Å². The second-order valence-corrected chi connectivity index (χ2v) is 7.65. The number of nitrogens with one attached hydrogen (secondary N) is 1. The first-order valence-corrected chi connectivity index (χ1v) is 10.1. The smallest absolute Gasteiger partial charge is 0.0920 e. The minimum atomic E-state index is -0.652. The fraction of sp³-hybridized carbons (Fsp3) is 0.435. The van der Waals surface area contributed by atoms with E-state index >= 15 is 0 Å². The van der Waals surface area contributed by atoms with Gasteiger partial charge in [-0.15, -0.1) is 17.0 Å². The Bertz CT molecular complexity index is 876. The molecule has 4 rings (SSSR count). The molecule has 2 aromatic rings. The summed E-state index contributed by atoms with van der Waals surface area (Å²) in [5.41, 5.74) is 1.74. The van der Waals surface area contributed by atoms with Crippen molar-refractivity contribution in [2.24, 2.45) is 4.99 Å². The fourth-order valence-electron chi connectivity index (χ4n) is 4.20. The van der Waals surface area contributed by atoms with E-state index in [1.165, 1.54) is 10.9 Å². The third-order valence-corrected chi connectivity index (χ3v) is 5.86. The van der Waals surface area contributed by atoms with Gasteiger partial charge in [0.15, 0.2) is 0 Å². The third-order valence-electron chi connectivity index (χ3n) is 5.86. The van der Waals surface area contributed by atoms with E-state index in [0.717, 1.165) is 69.3 Å². The molecule has 4 nitrogen and oxygen atoms in total. The zero-order chi connectivity index (χ0) is 18.5. The van der Waals surface area contributed by atoms with E-state index in [4.69, 9.17) is 0 Å². The minimum absolute atomic E-state index is 0. The minimum Gasteiger partial charge on any atom is -0.388 e. The van der Waals surface area contributed by atoms with Crippen LogP contribution >= 0.6 is 17.0 Å². The molecular formula is C23H30BrN3O. The predicted octanol–water partition coefficient (Wildman–Crippen LogP) is 2.36. The van der Waals surface area contributed by atoms with Crippen LogP contribution in [0, 0.1) is 0 Å². The molecule has 28 heavy (non-hydrogen) atoms. The van der Waals surface area contributed by atoms with Crippen LogP contribution in [0.4, 0.5) is 0 Å². The average molecular weight is 444 g/mol. The maximum Gasteiger partial charge on any atom is 0.0920 e. The van der Waals surface area contributed by atoms with Crippen LogP contribution in [-0.2, 0) is 5.60 Å². The summed E-state index contributed by atoms with van der Waals surface area (Å²) in [6, 6.07) is 18.5. The molecule has 2 aromatic carbocycles. The first-order valence-electron chi connectivity index (χ1n) is 10.1. The van der Waals surface area contributed by atoms with E-state index < -0.39 is 5.60 Å². The zero-order valence-corrected chi connectivity index (χ0v) is 18.0. The van der Waals surface area contributed by atoms with Crippen LogP contribution in [0.5, 0.6) is 0 Å². The molecule has 0 unspecified atom stereocenters.